The topological polar surface area (TPSA) is 124 Å². The van der Waals surface area contributed by atoms with E-state index in [0.717, 1.165) is 40.6 Å². The summed E-state index contributed by atoms with van der Waals surface area (Å²) in [5.74, 6) is 0.842. The van der Waals surface area contributed by atoms with Crippen LogP contribution < -0.4 is 19.9 Å². The van der Waals surface area contributed by atoms with Crippen molar-refractivity contribution in [3.05, 3.63) is 65.6 Å². The summed E-state index contributed by atoms with van der Waals surface area (Å²) >= 11 is 6.13. The number of aromatic nitrogens is 3. The van der Waals surface area contributed by atoms with Crippen LogP contribution in [-0.4, -0.2) is 29.0 Å². The Kier molecular flexibility index (Phi) is 6.60. The average Bonchev–Trinajstić information content (AvgIpc) is 3.61. The van der Waals surface area contributed by atoms with Crippen LogP contribution in [0.15, 0.2) is 54.9 Å². The number of anilines is 1. The fourth-order valence-electron chi connectivity index (χ4n) is 4.33. The van der Waals surface area contributed by atoms with Gasteiger partial charge in [-0.1, -0.05) is 23.7 Å². The summed E-state index contributed by atoms with van der Waals surface area (Å²) in [5.41, 5.74) is 10.7. The zero-order valence-corrected chi connectivity index (χ0v) is 21.5. The molecule has 5 rings (SSSR count). The van der Waals surface area contributed by atoms with Gasteiger partial charge in [0.05, 0.1) is 11.2 Å². The molecule has 0 spiro atoms. The first-order valence-electron chi connectivity index (χ1n) is 11.7. The summed E-state index contributed by atoms with van der Waals surface area (Å²) in [4.78, 5) is 8.18. The molecule has 36 heavy (non-hydrogen) atoms. The van der Waals surface area contributed by atoms with Crippen molar-refractivity contribution in [1.29, 1.82) is 0 Å². The number of fused-ring (bicyclic) bond motifs is 1. The minimum Gasteiger partial charge on any atom is -0.436 e. The van der Waals surface area contributed by atoms with Gasteiger partial charge in [-0.05, 0) is 62.1 Å². The van der Waals surface area contributed by atoms with E-state index in [1.807, 2.05) is 30.3 Å². The third-order valence-electron chi connectivity index (χ3n) is 5.84. The van der Waals surface area contributed by atoms with E-state index in [1.165, 1.54) is 12.4 Å². The van der Waals surface area contributed by atoms with Gasteiger partial charge in [-0.2, -0.15) is 13.1 Å². The second kappa shape index (κ2) is 9.70. The molecule has 0 radical (unpaired) electrons. The Morgan fingerprint density at radius 1 is 1.14 bits per heavy atom. The van der Waals surface area contributed by atoms with Crippen molar-refractivity contribution in [2.24, 2.45) is 5.73 Å². The van der Waals surface area contributed by atoms with Gasteiger partial charge in [-0.15, -0.1) is 0 Å². The smallest absolute Gasteiger partial charge is 0.299 e. The first-order chi connectivity index (χ1) is 17.3. The fraction of sp³-hybridized carbons (Fsp3) is 0.280. The van der Waals surface area contributed by atoms with Gasteiger partial charge in [0.25, 0.3) is 16.1 Å². The molecule has 2 heterocycles. The minimum atomic E-state index is -3.65. The predicted molar refractivity (Wildman–Crippen MR) is 141 cm³/mol. The van der Waals surface area contributed by atoms with Crippen molar-refractivity contribution in [3.63, 3.8) is 0 Å². The predicted octanol–water partition coefficient (Wildman–Crippen LogP) is 4.99. The molecule has 0 unspecified atom stereocenters. The van der Waals surface area contributed by atoms with Crippen LogP contribution >= 0.6 is 11.6 Å². The number of nitrogens with zero attached hydrogens (tertiary/aromatic N) is 3. The first-order valence-corrected chi connectivity index (χ1v) is 13.5. The first kappa shape index (κ1) is 24.5. The highest BCUT2D eigenvalue weighted by molar-refractivity contribution is 7.90. The minimum absolute atomic E-state index is 0.192. The molecule has 11 heteroatoms. The molecule has 0 saturated heterocycles. The maximum Gasteiger partial charge on any atom is 0.299 e. The zero-order chi connectivity index (χ0) is 25.4. The summed E-state index contributed by atoms with van der Waals surface area (Å²) in [7, 11) is -3.65. The lowest BCUT2D eigenvalue weighted by molar-refractivity contribution is 0.461. The third-order valence-corrected chi connectivity index (χ3v) is 7.38. The van der Waals surface area contributed by atoms with Crippen molar-refractivity contribution in [2.75, 3.05) is 4.72 Å². The van der Waals surface area contributed by atoms with E-state index in [0.29, 0.717) is 24.0 Å². The monoisotopic (exact) mass is 526 g/mol. The summed E-state index contributed by atoms with van der Waals surface area (Å²) in [5, 5.41) is 1.24. The summed E-state index contributed by atoms with van der Waals surface area (Å²) < 4.78 is 37.8. The zero-order valence-electron chi connectivity index (χ0n) is 19.9. The van der Waals surface area contributed by atoms with Gasteiger partial charge in [0.15, 0.2) is 5.15 Å². The standard InChI is InChI=1S/C25H27ClN6O3S/c1-15(2)30-36(33,34)31-17-5-3-16(4-6-17)23-21(14-27)20-10-9-19(13-22(20)32(23)18-7-8-18)35-25-24(26)28-11-12-29-25/h3-6,9-13,15,18,30-31H,7-8,14,27H2,1-2H3. The van der Waals surface area contributed by atoms with E-state index in [1.54, 1.807) is 26.0 Å². The molecule has 0 bridgehead atoms. The number of nitrogens with two attached hydrogens (primary N) is 1. The van der Waals surface area contributed by atoms with Crippen molar-refractivity contribution in [3.8, 4) is 22.9 Å². The largest absolute Gasteiger partial charge is 0.436 e. The number of hydrogen-bond acceptors (Lipinski definition) is 6. The number of benzene rings is 2. The molecule has 1 fully saturated rings. The molecule has 2 aromatic heterocycles. The molecule has 4 aromatic rings. The summed E-state index contributed by atoms with van der Waals surface area (Å²) in [6, 6.07) is 13.3. The van der Waals surface area contributed by atoms with Gasteiger partial charge >= 0.3 is 0 Å². The Morgan fingerprint density at radius 2 is 1.86 bits per heavy atom. The van der Waals surface area contributed by atoms with Crippen LogP contribution in [0.4, 0.5) is 5.69 Å². The van der Waals surface area contributed by atoms with E-state index in [9.17, 15) is 8.42 Å². The summed E-state index contributed by atoms with van der Waals surface area (Å²) in [6.45, 7) is 3.89. The number of ether oxygens (including phenoxy) is 1. The van der Waals surface area contributed by atoms with Crippen LogP contribution in [0, 0.1) is 0 Å². The molecule has 0 atom stereocenters. The second-order valence-corrected chi connectivity index (χ2v) is 10.8. The van der Waals surface area contributed by atoms with Crippen molar-refractivity contribution in [1.82, 2.24) is 19.3 Å². The summed E-state index contributed by atoms with van der Waals surface area (Å²) in [6.07, 6.45) is 5.18. The maximum absolute atomic E-state index is 12.2. The third kappa shape index (κ3) is 5.03. The molecule has 2 aromatic carbocycles. The molecule has 1 aliphatic carbocycles. The molecular formula is C25H27ClN6O3S. The van der Waals surface area contributed by atoms with Gasteiger partial charge in [0.1, 0.15) is 5.75 Å². The van der Waals surface area contributed by atoms with Gasteiger partial charge in [0, 0.05) is 48.2 Å². The quantitative estimate of drug-likeness (QED) is 0.282. The Morgan fingerprint density at radius 3 is 2.50 bits per heavy atom. The number of hydrogen-bond donors (Lipinski definition) is 3. The van der Waals surface area contributed by atoms with Crippen LogP contribution in [0.25, 0.3) is 22.2 Å². The Bertz CT molecular complexity index is 1520. The van der Waals surface area contributed by atoms with E-state index < -0.39 is 10.2 Å². The number of halogens is 1. The van der Waals surface area contributed by atoms with Crippen LogP contribution in [-0.2, 0) is 16.8 Å². The Hall–Kier alpha value is -3.18. The Balaban J connectivity index is 1.54. The Labute approximate surface area is 214 Å². The molecule has 4 N–H and O–H groups in total. The highest BCUT2D eigenvalue weighted by Gasteiger charge is 2.30. The molecule has 9 nitrogen and oxygen atoms in total. The molecule has 1 aliphatic rings. The average molecular weight is 527 g/mol. The van der Waals surface area contributed by atoms with E-state index in [-0.39, 0.29) is 17.1 Å². The number of nitrogens with one attached hydrogen (secondary N) is 2. The maximum atomic E-state index is 12.2. The van der Waals surface area contributed by atoms with E-state index in [2.05, 4.69) is 24.0 Å². The second-order valence-electron chi connectivity index (χ2n) is 9.02. The van der Waals surface area contributed by atoms with Crippen LogP contribution in [0.1, 0.15) is 38.3 Å². The van der Waals surface area contributed by atoms with Crippen molar-refractivity contribution < 1.29 is 13.2 Å². The SMILES string of the molecule is CC(C)NS(=O)(=O)Nc1ccc(-c2c(CN)c3ccc(Oc4nccnc4Cl)cc3n2C2CC2)cc1. The van der Waals surface area contributed by atoms with E-state index >= 15 is 0 Å². The molecule has 0 amide bonds. The molecule has 188 valence electrons. The van der Waals surface area contributed by atoms with Crippen LogP contribution in [0.2, 0.25) is 5.15 Å². The van der Waals surface area contributed by atoms with Crippen molar-refractivity contribution in [2.45, 2.75) is 45.3 Å². The lowest BCUT2D eigenvalue weighted by Crippen LogP contribution is -2.35. The molecule has 1 saturated carbocycles. The number of rotatable bonds is 9. The van der Waals surface area contributed by atoms with Gasteiger partial charge in [0.2, 0.25) is 0 Å². The van der Waals surface area contributed by atoms with Crippen LogP contribution in [0.5, 0.6) is 11.6 Å². The lowest BCUT2D eigenvalue weighted by Gasteiger charge is -2.14. The van der Waals surface area contributed by atoms with Gasteiger partial charge < -0.3 is 15.0 Å². The van der Waals surface area contributed by atoms with Gasteiger partial charge in [-0.3, -0.25) is 4.72 Å². The van der Waals surface area contributed by atoms with Gasteiger partial charge in [-0.25, -0.2) is 9.97 Å². The van der Waals surface area contributed by atoms with Crippen LogP contribution in [0.3, 0.4) is 0 Å². The lowest BCUT2D eigenvalue weighted by atomic mass is 10.0. The van der Waals surface area contributed by atoms with E-state index in [4.69, 9.17) is 22.1 Å². The highest BCUT2D eigenvalue weighted by Crippen LogP contribution is 2.46. The highest BCUT2D eigenvalue weighted by atomic mass is 35.5. The normalized spacial score (nSPS) is 13.9. The molecular weight excluding hydrogens is 500 g/mol. The molecule has 0 aliphatic heterocycles. The fourth-order valence-corrected chi connectivity index (χ4v) is 5.60. The van der Waals surface area contributed by atoms with Crippen molar-refractivity contribution >= 4 is 38.4 Å².